The number of benzene rings is 3. The predicted octanol–water partition coefficient (Wildman–Crippen LogP) is 3.16. The lowest BCUT2D eigenvalue weighted by Gasteiger charge is -2.22. The van der Waals surface area contributed by atoms with Gasteiger partial charge in [-0.2, -0.15) is 0 Å². The average Bonchev–Trinajstić information content (AvgIpc) is 2.76. The van der Waals surface area contributed by atoms with Crippen molar-refractivity contribution in [3.63, 3.8) is 0 Å². The van der Waals surface area contributed by atoms with Crippen LogP contribution in [0.1, 0.15) is 15.9 Å². The van der Waals surface area contributed by atoms with Crippen LogP contribution in [0.25, 0.3) is 0 Å². The molecule has 0 fully saturated rings. The lowest BCUT2D eigenvalue weighted by molar-refractivity contribution is -0.114. The molecule has 0 saturated heterocycles. The molecule has 3 rings (SSSR count). The molecular weight excluding hydrogens is 433 g/mol. The van der Waals surface area contributed by atoms with E-state index in [0.717, 1.165) is 22.2 Å². The van der Waals surface area contributed by atoms with Crippen molar-refractivity contribution >= 4 is 33.2 Å². The summed E-state index contributed by atoms with van der Waals surface area (Å²) in [5, 5.41) is 5.36. The molecule has 3 aromatic carbocycles. The minimum atomic E-state index is -3.86. The van der Waals surface area contributed by atoms with E-state index in [1.165, 1.54) is 18.2 Å². The minimum absolute atomic E-state index is 0.0246. The zero-order chi connectivity index (χ0) is 23.1. The van der Waals surface area contributed by atoms with E-state index in [1.807, 2.05) is 30.3 Å². The van der Waals surface area contributed by atoms with Gasteiger partial charge in [0.2, 0.25) is 15.9 Å². The molecule has 0 unspecified atom stereocenters. The van der Waals surface area contributed by atoms with Gasteiger partial charge in [-0.15, -0.1) is 0 Å². The first kappa shape index (κ1) is 23.0. The number of carbonyl (C=O) groups excluding carboxylic acids is 2. The van der Waals surface area contributed by atoms with Crippen LogP contribution in [0, 0.1) is 5.82 Å². The fraction of sp³-hybridized carbons (Fsp3) is 0.130. The second-order valence-electron chi connectivity index (χ2n) is 7.01. The highest BCUT2D eigenvalue weighted by Gasteiger charge is 2.22. The maximum Gasteiger partial charge on any atom is 0.253 e. The maximum atomic E-state index is 13.6. The number of para-hydroxylation sites is 1. The van der Waals surface area contributed by atoms with Crippen LogP contribution < -0.4 is 14.9 Å². The Morgan fingerprint density at radius 2 is 1.62 bits per heavy atom. The van der Waals surface area contributed by atoms with Crippen molar-refractivity contribution in [3.8, 4) is 0 Å². The first-order valence-electron chi connectivity index (χ1n) is 9.68. The molecule has 32 heavy (non-hydrogen) atoms. The fourth-order valence-electron chi connectivity index (χ4n) is 3.01. The first-order valence-corrected chi connectivity index (χ1v) is 11.5. The predicted molar refractivity (Wildman–Crippen MR) is 121 cm³/mol. The number of amides is 2. The minimum Gasteiger partial charge on any atom is -0.348 e. The SMILES string of the molecule is CS(=O)(=O)N(CC(=O)Nc1ccccc1C(=O)NCc1ccccc1)c1cccc(F)c1. The van der Waals surface area contributed by atoms with E-state index in [0.29, 0.717) is 6.54 Å². The van der Waals surface area contributed by atoms with Crippen molar-refractivity contribution in [1.29, 1.82) is 0 Å². The Balaban J connectivity index is 1.74. The van der Waals surface area contributed by atoms with Gasteiger partial charge < -0.3 is 10.6 Å². The van der Waals surface area contributed by atoms with Crippen LogP contribution in [0.5, 0.6) is 0 Å². The third-order valence-corrected chi connectivity index (χ3v) is 5.67. The van der Waals surface area contributed by atoms with Gasteiger partial charge in [-0.3, -0.25) is 13.9 Å². The molecule has 0 aliphatic heterocycles. The number of nitrogens with zero attached hydrogens (tertiary/aromatic N) is 1. The van der Waals surface area contributed by atoms with E-state index < -0.39 is 34.2 Å². The van der Waals surface area contributed by atoms with Crippen LogP contribution in [0.3, 0.4) is 0 Å². The normalized spacial score (nSPS) is 10.9. The van der Waals surface area contributed by atoms with Gasteiger partial charge >= 0.3 is 0 Å². The van der Waals surface area contributed by atoms with Crippen LogP contribution in [0.4, 0.5) is 15.8 Å². The maximum absolute atomic E-state index is 13.6. The van der Waals surface area contributed by atoms with Gasteiger partial charge in [-0.1, -0.05) is 48.5 Å². The molecule has 7 nitrogen and oxygen atoms in total. The number of nitrogens with one attached hydrogen (secondary N) is 2. The number of rotatable bonds is 8. The van der Waals surface area contributed by atoms with Crippen molar-refractivity contribution in [1.82, 2.24) is 5.32 Å². The number of sulfonamides is 1. The van der Waals surface area contributed by atoms with E-state index in [2.05, 4.69) is 10.6 Å². The van der Waals surface area contributed by atoms with Gasteiger partial charge in [0, 0.05) is 6.54 Å². The summed E-state index contributed by atoms with van der Waals surface area (Å²) in [5.74, 6) is -1.70. The van der Waals surface area contributed by atoms with Crippen LogP contribution >= 0.6 is 0 Å². The smallest absolute Gasteiger partial charge is 0.253 e. The molecule has 0 atom stereocenters. The monoisotopic (exact) mass is 455 g/mol. The molecule has 0 radical (unpaired) electrons. The summed E-state index contributed by atoms with van der Waals surface area (Å²) >= 11 is 0. The molecule has 2 amide bonds. The molecule has 9 heteroatoms. The Hall–Kier alpha value is -3.72. The van der Waals surface area contributed by atoms with Gasteiger partial charge in [0.25, 0.3) is 5.91 Å². The zero-order valence-electron chi connectivity index (χ0n) is 17.3. The Kier molecular flexibility index (Phi) is 7.21. The number of halogens is 1. The zero-order valence-corrected chi connectivity index (χ0v) is 18.1. The average molecular weight is 456 g/mol. The molecule has 0 aliphatic rings. The van der Waals surface area contributed by atoms with Crippen molar-refractivity contribution < 1.29 is 22.4 Å². The number of hydrogen-bond acceptors (Lipinski definition) is 4. The quantitative estimate of drug-likeness (QED) is 0.545. The van der Waals surface area contributed by atoms with Gasteiger partial charge in [0.15, 0.2) is 0 Å². The van der Waals surface area contributed by atoms with Crippen LogP contribution in [0.2, 0.25) is 0 Å². The lowest BCUT2D eigenvalue weighted by Crippen LogP contribution is -2.37. The molecule has 0 saturated carbocycles. The highest BCUT2D eigenvalue weighted by Crippen LogP contribution is 2.20. The molecule has 0 aliphatic carbocycles. The molecule has 0 spiro atoms. The standard InChI is InChI=1S/C23H22FN3O4S/c1-32(30,31)27(19-11-7-10-18(24)14-19)16-22(28)26-21-13-6-5-12-20(21)23(29)25-15-17-8-3-2-4-9-17/h2-14H,15-16H2,1H3,(H,25,29)(H,26,28). The van der Waals surface area contributed by atoms with Gasteiger partial charge in [-0.05, 0) is 35.9 Å². The van der Waals surface area contributed by atoms with Crippen molar-refractivity contribution in [3.05, 3.63) is 95.8 Å². The summed E-state index contributed by atoms with van der Waals surface area (Å²) < 4.78 is 38.7. The Bertz CT molecular complexity index is 1220. The lowest BCUT2D eigenvalue weighted by atomic mass is 10.1. The Morgan fingerprint density at radius 3 is 2.31 bits per heavy atom. The summed E-state index contributed by atoms with van der Waals surface area (Å²) in [6.45, 7) is -0.272. The van der Waals surface area contributed by atoms with E-state index in [9.17, 15) is 22.4 Å². The summed E-state index contributed by atoms with van der Waals surface area (Å²) in [7, 11) is -3.86. The molecule has 0 aromatic heterocycles. The second kappa shape index (κ2) is 10.1. The van der Waals surface area contributed by atoms with Crippen molar-refractivity contribution in [2.45, 2.75) is 6.54 Å². The highest BCUT2D eigenvalue weighted by molar-refractivity contribution is 7.92. The van der Waals surface area contributed by atoms with E-state index in [-0.39, 0.29) is 16.9 Å². The molecular formula is C23H22FN3O4S. The third-order valence-electron chi connectivity index (χ3n) is 4.53. The molecule has 0 bridgehead atoms. The van der Waals surface area contributed by atoms with E-state index >= 15 is 0 Å². The summed E-state index contributed by atoms with van der Waals surface area (Å²) in [6, 6.07) is 20.7. The summed E-state index contributed by atoms with van der Waals surface area (Å²) in [6.07, 6.45) is 0.927. The van der Waals surface area contributed by atoms with Crippen LogP contribution in [0.15, 0.2) is 78.9 Å². The number of carbonyl (C=O) groups is 2. The summed E-state index contributed by atoms with van der Waals surface area (Å²) in [4.78, 5) is 25.3. The van der Waals surface area contributed by atoms with Gasteiger partial charge in [0.05, 0.1) is 23.2 Å². The molecule has 3 aromatic rings. The van der Waals surface area contributed by atoms with Crippen LogP contribution in [-0.2, 0) is 21.4 Å². The molecule has 0 heterocycles. The highest BCUT2D eigenvalue weighted by atomic mass is 32.2. The number of hydrogen-bond donors (Lipinski definition) is 2. The van der Waals surface area contributed by atoms with Gasteiger partial charge in [-0.25, -0.2) is 12.8 Å². The first-order chi connectivity index (χ1) is 15.2. The van der Waals surface area contributed by atoms with Crippen molar-refractivity contribution in [2.75, 3.05) is 22.4 Å². The molecule has 166 valence electrons. The Morgan fingerprint density at radius 1 is 0.938 bits per heavy atom. The van der Waals surface area contributed by atoms with E-state index in [1.54, 1.807) is 24.3 Å². The third kappa shape index (κ3) is 6.14. The fourth-order valence-corrected chi connectivity index (χ4v) is 3.86. The van der Waals surface area contributed by atoms with Crippen LogP contribution in [-0.4, -0.2) is 33.0 Å². The Labute approximate surface area is 185 Å². The van der Waals surface area contributed by atoms with E-state index in [4.69, 9.17) is 0 Å². The topological polar surface area (TPSA) is 95.6 Å². The largest absolute Gasteiger partial charge is 0.348 e. The summed E-state index contributed by atoms with van der Waals surface area (Å²) in [5.41, 5.74) is 1.40. The molecule has 2 N–H and O–H groups in total. The second-order valence-corrected chi connectivity index (χ2v) is 8.92. The van der Waals surface area contributed by atoms with Gasteiger partial charge in [0.1, 0.15) is 12.4 Å². The van der Waals surface area contributed by atoms with Crippen molar-refractivity contribution in [2.24, 2.45) is 0 Å². The number of anilines is 2.